The second kappa shape index (κ2) is 27.0. The molecule has 0 aromatic heterocycles. The summed E-state index contributed by atoms with van der Waals surface area (Å²) in [5.41, 5.74) is 0. The van der Waals surface area contributed by atoms with Gasteiger partial charge in [0.15, 0.2) is 0 Å². The first-order chi connectivity index (χ1) is 21.4. The Morgan fingerprint density at radius 1 is 0.227 bits per heavy atom. The van der Waals surface area contributed by atoms with Crippen LogP contribution < -0.4 is 0 Å². The minimum absolute atomic E-state index is 1.00. The molecule has 0 nitrogen and oxygen atoms in total. The lowest BCUT2D eigenvalue weighted by Gasteiger charge is -2.35. The van der Waals surface area contributed by atoms with Gasteiger partial charge in [0.05, 0.1) is 0 Å². The fraction of sp³-hybridized carbons (Fsp3) is 1.00. The van der Waals surface area contributed by atoms with Crippen LogP contribution in [0.3, 0.4) is 0 Å². The Bertz CT molecular complexity index is 565. The summed E-state index contributed by atoms with van der Waals surface area (Å²) >= 11 is 0. The molecule has 5 aliphatic rings. The van der Waals surface area contributed by atoms with Gasteiger partial charge < -0.3 is 0 Å². The minimum atomic E-state index is 1.00. The van der Waals surface area contributed by atoms with Crippen LogP contribution in [0.25, 0.3) is 0 Å². The fourth-order valence-corrected chi connectivity index (χ4v) is 9.14. The molecule has 5 saturated carbocycles. The highest BCUT2D eigenvalue weighted by Gasteiger charge is 2.36. The van der Waals surface area contributed by atoms with Crippen molar-refractivity contribution >= 4 is 0 Å². The molecular formula is C44H88. The van der Waals surface area contributed by atoms with Gasteiger partial charge in [-0.15, -0.1) is 0 Å². The van der Waals surface area contributed by atoms with E-state index < -0.39 is 0 Å². The molecule has 5 fully saturated rings. The first-order valence-electron chi connectivity index (χ1n) is 21.4. The molecule has 5 rings (SSSR count). The van der Waals surface area contributed by atoms with Crippen LogP contribution >= 0.6 is 0 Å². The molecule has 0 heteroatoms. The normalized spacial score (nSPS) is 34.4. The average molecular weight is 617 g/mol. The molecule has 0 aromatic rings. The summed E-state index contributed by atoms with van der Waals surface area (Å²) in [7, 11) is 0. The lowest BCUT2D eigenvalue weighted by atomic mass is 9.70. The van der Waals surface area contributed by atoms with E-state index >= 15 is 0 Å². The lowest BCUT2D eigenvalue weighted by Crippen LogP contribution is -2.24. The SMILES string of the molecule is CC.CC.CC1CCCC(C)CCC1.CC1CCCC(C2CCCC(C)CC(C3CC3)C2)CCC1.CC1CCCCCCC1. The van der Waals surface area contributed by atoms with Gasteiger partial charge in [0.2, 0.25) is 0 Å². The summed E-state index contributed by atoms with van der Waals surface area (Å²) < 4.78 is 0. The van der Waals surface area contributed by atoms with Gasteiger partial charge in [-0.1, -0.05) is 204 Å². The fourth-order valence-electron chi connectivity index (χ4n) is 9.14. The quantitative estimate of drug-likeness (QED) is 0.289. The Kier molecular flexibility index (Phi) is 25.8. The molecule has 264 valence electrons. The molecule has 0 spiro atoms. The standard InChI is InChI=1S/C21H38.C10H20.C9H18.2C2H6/c1-16-6-3-9-18(10-4-7-16)20-11-5-8-17(2)14-21(15-20)19-12-13-19;1-9-5-3-7-10(2)8-4-6-9;1-9-7-5-3-2-4-6-8-9;2*1-2/h16-21H,3-15H2,1-2H3;9-10H,3-8H2,1-2H3;9H,2-8H2,1H3;2*1-2H3. The van der Waals surface area contributed by atoms with Gasteiger partial charge in [0.1, 0.15) is 0 Å². The summed E-state index contributed by atoms with van der Waals surface area (Å²) in [5, 5.41) is 0. The largest absolute Gasteiger partial charge is 0.0683 e. The first-order valence-corrected chi connectivity index (χ1v) is 21.4. The van der Waals surface area contributed by atoms with Crippen LogP contribution in [0.15, 0.2) is 0 Å². The van der Waals surface area contributed by atoms with E-state index in [1.54, 1.807) is 44.9 Å². The van der Waals surface area contributed by atoms with Gasteiger partial charge in [0, 0.05) is 0 Å². The van der Waals surface area contributed by atoms with Crippen molar-refractivity contribution in [3.05, 3.63) is 0 Å². The van der Waals surface area contributed by atoms with E-state index in [1.165, 1.54) is 122 Å². The Hall–Kier alpha value is 0. The number of hydrogen-bond acceptors (Lipinski definition) is 0. The Balaban J connectivity index is 0.000000352. The highest BCUT2D eigenvalue weighted by atomic mass is 14.4. The first kappa shape index (κ1) is 42.0. The summed E-state index contributed by atoms with van der Waals surface area (Å²) in [6.45, 7) is 20.2. The lowest BCUT2D eigenvalue weighted by molar-refractivity contribution is 0.158. The Labute approximate surface area is 281 Å². The van der Waals surface area contributed by atoms with Crippen molar-refractivity contribution in [2.24, 2.45) is 53.3 Å². The molecule has 44 heavy (non-hydrogen) atoms. The van der Waals surface area contributed by atoms with Crippen molar-refractivity contribution < 1.29 is 0 Å². The van der Waals surface area contributed by atoms with Crippen molar-refractivity contribution in [3.63, 3.8) is 0 Å². The third kappa shape index (κ3) is 20.3. The van der Waals surface area contributed by atoms with Crippen LogP contribution in [0.2, 0.25) is 0 Å². The van der Waals surface area contributed by atoms with Gasteiger partial charge in [0.25, 0.3) is 0 Å². The van der Waals surface area contributed by atoms with Crippen molar-refractivity contribution in [1.82, 2.24) is 0 Å². The third-order valence-corrected chi connectivity index (χ3v) is 12.3. The van der Waals surface area contributed by atoms with Crippen LogP contribution in [0, 0.1) is 53.3 Å². The van der Waals surface area contributed by atoms with Crippen molar-refractivity contribution in [2.45, 2.75) is 229 Å². The molecule has 3 atom stereocenters. The van der Waals surface area contributed by atoms with E-state index in [1.807, 2.05) is 27.7 Å². The van der Waals surface area contributed by atoms with E-state index in [4.69, 9.17) is 0 Å². The van der Waals surface area contributed by atoms with E-state index in [-0.39, 0.29) is 0 Å². The van der Waals surface area contributed by atoms with Gasteiger partial charge in [-0.05, 0) is 78.9 Å². The van der Waals surface area contributed by atoms with Gasteiger partial charge in [-0.25, -0.2) is 0 Å². The van der Waals surface area contributed by atoms with E-state index in [0.717, 1.165) is 53.3 Å². The van der Waals surface area contributed by atoms with E-state index in [2.05, 4.69) is 34.6 Å². The molecule has 0 amide bonds. The van der Waals surface area contributed by atoms with E-state index in [9.17, 15) is 0 Å². The Morgan fingerprint density at radius 3 is 0.932 bits per heavy atom. The van der Waals surface area contributed by atoms with Crippen LogP contribution in [-0.2, 0) is 0 Å². The molecule has 0 aromatic carbocycles. The summed E-state index contributed by atoms with van der Waals surface area (Å²) in [4.78, 5) is 0. The van der Waals surface area contributed by atoms with Crippen molar-refractivity contribution in [2.75, 3.05) is 0 Å². The molecule has 0 heterocycles. The number of hydrogen-bond donors (Lipinski definition) is 0. The minimum Gasteiger partial charge on any atom is -0.0683 e. The summed E-state index contributed by atoms with van der Waals surface area (Å²) in [6.07, 6.45) is 39.3. The maximum absolute atomic E-state index is 2.52. The van der Waals surface area contributed by atoms with Gasteiger partial charge in [-0.3, -0.25) is 0 Å². The average Bonchev–Trinajstić information content (AvgIpc) is 3.82. The zero-order valence-corrected chi connectivity index (χ0v) is 32.6. The second-order valence-electron chi connectivity index (χ2n) is 16.6. The molecule has 0 saturated heterocycles. The van der Waals surface area contributed by atoms with Crippen LogP contribution in [0.5, 0.6) is 0 Å². The summed E-state index contributed by atoms with van der Waals surface area (Å²) in [6, 6.07) is 0. The van der Waals surface area contributed by atoms with Crippen molar-refractivity contribution in [3.8, 4) is 0 Å². The Morgan fingerprint density at radius 2 is 0.523 bits per heavy atom. The second-order valence-corrected chi connectivity index (χ2v) is 16.6. The van der Waals surface area contributed by atoms with E-state index in [0.29, 0.717) is 0 Å². The number of rotatable bonds is 2. The molecular weight excluding hydrogens is 528 g/mol. The molecule has 0 N–H and O–H groups in total. The van der Waals surface area contributed by atoms with Crippen molar-refractivity contribution in [1.29, 1.82) is 0 Å². The van der Waals surface area contributed by atoms with Gasteiger partial charge in [-0.2, -0.15) is 0 Å². The smallest absolute Gasteiger partial charge is 0.0381 e. The molecule has 5 aliphatic carbocycles. The molecule has 0 bridgehead atoms. The molecule has 3 unspecified atom stereocenters. The predicted octanol–water partition coefficient (Wildman–Crippen LogP) is 15.9. The van der Waals surface area contributed by atoms with Crippen LogP contribution in [-0.4, -0.2) is 0 Å². The maximum Gasteiger partial charge on any atom is -0.0381 e. The molecule has 0 radical (unpaired) electrons. The topological polar surface area (TPSA) is 0 Å². The highest BCUT2D eigenvalue weighted by molar-refractivity contribution is 4.87. The zero-order chi connectivity index (χ0) is 32.6. The monoisotopic (exact) mass is 617 g/mol. The zero-order valence-electron chi connectivity index (χ0n) is 32.6. The summed E-state index contributed by atoms with van der Waals surface area (Å²) in [5.74, 6) is 9.48. The molecule has 0 aliphatic heterocycles. The maximum atomic E-state index is 2.52. The third-order valence-electron chi connectivity index (χ3n) is 12.3. The van der Waals surface area contributed by atoms with Crippen LogP contribution in [0.4, 0.5) is 0 Å². The highest BCUT2D eigenvalue weighted by Crippen LogP contribution is 2.47. The predicted molar refractivity (Wildman–Crippen MR) is 203 cm³/mol. The van der Waals surface area contributed by atoms with Crippen LogP contribution in [0.1, 0.15) is 229 Å². The van der Waals surface area contributed by atoms with Gasteiger partial charge >= 0.3 is 0 Å².